The summed E-state index contributed by atoms with van der Waals surface area (Å²) >= 11 is 0. The van der Waals surface area contributed by atoms with Gasteiger partial charge in [-0.05, 0) is 17.7 Å². The molecule has 1 heterocycles. The number of nitrogens with zero attached hydrogens (tertiary/aromatic N) is 2. The van der Waals surface area contributed by atoms with Crippen LogP contribution in [0.4, 0.5) is 0 Å². The third-order valence-corrected chi connectivity index (χ3v) is 3.46. The number of pyridine rings is 1. The highest BCUT2D eigenvalue weighted by atomic mass is 16.2. The molecule has 2 aromatic rings. The molecule has 0 aliphatic carbocycles. The zero-order valence-corrected chi connectivity index (χ0v) is 13.2. The van der Waals surface area contributed by atoms with Gasteiger partial charge in [0.15, 0.2) is 0 Å². The van der Waals surface area contributed by atoms with Crippen LogP contribution in [0.5, 0.6) is 0 Å². The molecule has 0 saturated carbocycles. The van der Waals surface area contributed by atoms with Crippen molar-refractivity contribution in [3.05, 3.63) is 66.0 Å². The summed E-state index contributed by atoms with van der Waals surface area (Å²) in [5.74, 6) is -0.124. The van der Waals surface area contributed by atoms with Crippen LogP contribution in [0.15, 0.2) is 54.7 Å². The van der Waals surface area contributed by atoms with Crippen molar-refractivity contribution in [3.63, 3.8) is 0 Å². The SMILES string of the molecule is CC(=O)N(CCC(=O)NCc1ccccn1)Cc1ccccc1. The van der Waals surface area contributed by atoms with E-state index >= 15 is 0 Å². The predicted molar refractivity (Wildman–Crippen MR) is 88.2 cm³/mol. The minimum Gasteiger partial charge on any atom is -0.350 e. The highest BCUT2D eigenvalue weighted by Crippen LogP contribution is 2.05. The Kier molecular flexibility index (Phi) is 6.29. The van der Waals surface area contributed by atoms with Crippen molar-refractivity contribution in [3.8, 4) is 0 Å². The van der Waals surface area contributed by atoms with E-state index in [-0.39, 0.29) is 18.2 Å². The van der Waals surface area contributed by atoms with Gasteiger partial charge < -0.3 is 10.2 Å². The largest absolute Gasteiger partial charge is 0.350 e. The van der Waals surface area contributed by atoms with E-state index in [0.717, 1.165) is 11.3 Å². The molecule has 0 aliphatic rings. The topological polar surface area (TPSA) is 62.3 Å². The third-order valence-electron chi connectivity index (χ3n) is 3.46. The lowest BCUT2D eigenvalue weighted by Gasteiger charge is -2.21. The number of carbonyl (C=O) groups excluding carboxylic acids is 2. The van der Waals surface area contributed by atoms with Gasteiger partial charge >= 0.3 is 0 Å². The van der Waals surface area contributed by atoms with Gasteiger partial charge in [0.2, 0.25) is 11.8 Å². The van der Waals surface area contributed by atoms with Gasteiger partial charge in [-0.25, -0.2) is 0 Å². The van der Waals surface area contributed by atoms with Gasteiger partial charge in [-0.1, -0.05) is 36.4 Å². The van der Waals surface area contributed by atoms with Crippen LogP contribution >= 0.6 is 0 Å². The molecule has 1 aromatic carbocycles. The fourth-order valence-electron chi connectivity index (χ4n) is 2.17. The van der Waals surface area contributed by atoms with Gasteiger partial charge in [0.25, 0.3) is 0 Å². The summed E-state index contributed by atoms with van der Waals surface area (Å²) in [4.78, 5) is 29.5. The first kappa shape index (κ1) is 16.7. The second-order valence-electron chi connectivity index (χ2n) is 5.27. The van der Waals surface area contributed by atoms with Crippen molar-refractivity contribution in [1.82, 2.24) is 15.2 Å². The molecule has 0 bridgehead atoms. The Morgan fingerprint density at radius 3 is 2.48 bits per heavy atom. The molecule has 2 rings (SSSR count). The Labute approximate surface area is 136 Å². The summed E-state index contributed by atoms with van der Waals surface area (Å²) < 4.78 is 0. The molecule has 0 fully saturated rings. The lowest BCUT2D eigenvalue weighted by molar-refractivity contribution is -0.130. The van der Waals surface area contributed by atoms with Crippen LogP contribution in [0.25, 0.3) is 0 Å². The summed E-state index contributed by atoms with van der Waals surface area (Å²) in [7, 11) is 0. The molecule has 0 atom stereocenters. The van der Waals surface area contributed by atoms with Crippen LogP contribution in [0.1, 0.15) is 24.6 Å². The molecule has 1 aromatic heterocycles. The Bertz CT molecular complexity index is 629. The van der Waals surface area contributed by atoms with E-state index in [4.69, 9.17) is 0 Å². The fraction of sp³-hybridized carbons (Fsp3) is 0.278. The molecule has 5 nitrogen and oxygen atoms in total. The van der Waals surface area contributed by atoms with Crippen molar-refractivity contribution in [2.45, 2.75) is 26.4 Å². The van der Waals surface area contributed by atoms with Gasteiger partial charge in [-0.15, -0.1) is 0 Å². The number of carbonyl (C=O) groups is 2. The van der Waals surface area contributed by atoms with Gasteiger partial charge in [0.1, 0.15) is 0 Å². The maximum Gasteiger partial charge on any atom is 0.222 e. The highest BCUT2D eigenvalue weighted by Gasteiger charge is 2.11. The summed E-state index contributed by atoms with van der Waals surface area (Å²) in [5, 5.41) is 2.82. The Morgan fingerprint density at radius 1 is 1.09 bits per heavy atom. The van der Waals surface area contributed by atoms with Gasteiger partial charge in [0, 0.05) is 32.6 Å². The molecule has 5 heteroatoms. The minimum atomic E-state index is -0.0880. The minimum absolute atomic E-state index is 0.0358. The van der Waals surface area contributed by atoms with E-state index < -0.39 is 0 Å². The Morgan fingerprint density at radius 2 is 1.83 bits per heavy atom. The maximum absolute atomic E-state index is 11.9. The standard InChI is InChI=1S/C18H21N3O2/c1-15(22)21(14-16-7-3-2-4-8-16)12-10-18(23)20-13-17-9-5-6-11-19-17/h2-9,11H,10,12-14H2,1H3,(H,20,23). The maximum atomic E-state index is 11.9. The van der Waals surface area contributed by atoms with Crippen molar-refractivity contribution in [1.29, 1.82) is 0 Å². The molecule has 2 amide bonds. The van der Waals surface area contributed by atoms with E-state index in [1.54, 1.807) is 11.1 Å². The monoisotopic (exact) mass is 311 g/mol. The molecular formula is C18H21N3O2. The number of nitrogens with one attached hydrogen (secondary N) is 1. The van der Waals surface area contributed by atoms with Crippen LogP contribution in [0.3, 0.4) is 0 Å². The van der Waals surface area contributed by atoms with E-state index in [9.17, 15) is 9.59 Å². The summed E-state index contributed by atoms with van der Waals surface area (Å²) in [6.45, 7) is 2.84. The number of amides is 2. The molecular weight excluding hydrogens is 290 g/mol. The molecule has 0 saturated heterocycles. The van der Waals surface area contributed by atoms with E-state index in [1.807, 2.05) is 48.5 Å². The molecule has 0 radical (unpaired) electrons. The number of aromatic nitrogens is 1. The van der Waals surface area contributed by atoms with Crippen LogP contribution in [0, 0.1) is 0 Å². The molecule has 23 heavy (non-hydrogen) atoms. The quantitative estimate of drug-likeness (QED) is 0.852. The average Bonchev–Trinajstić information content (AvgIpc) is 2.58. The highest BCUT2D eigenvalue weighted by molar-refractivity contribution is 5.78. The normalized spacial score (nSPS) is 10.1. The molecule has 0 spiro atoms. The first-order chi connectivity index (χ1) is 11.1. The second kappa shape index (κ2) is 8.68. The summed E-state index contributed by atoms with van der Waals surface area (Å²) in [6, 6.07) is 15.3. The summed E-state index contributed by atoms with van der Waals surface area (Å²) in [6.07, 6.45) is 1.97. The summed E-state index contributed by atoms with van der Waals surface area (Å²) in [5.41, 5.74) is 1.87. The van der Waals surface area contributed by atoms with E-state index in [2.05, 4.69) is 10.3 Å². The first-order valence-corrected chi connectivity index (χ1v) is 7.61. The Hall–Kier alpha value is -2.69. The molecule has 0 unspecified atom stereocenters. The van der Waals surface area contributed by atoms with Crippen molar-refractivity contribution < 1.29 is 9.59 Å². The van der Waals surface area contributed by atoms with Crippen LogP contribution < -0.4 is 5.32 Å². The molecule has 1 N–H and O–H groups in total. The Balaban J connectivity index is 1.79. The van der Waals surface area contributed by atoms with Gasteiger partial charge in [0.05, 0.1) is 12.2 Å². The van der Waals surface area contributed by atoms with Crippen LogP contribution in [0.2, 0.25) is 0 Å². The van der Waals surface area contributed by atoms with E-state index in [1.165, 1.54) is 6.92 Å². The number of rotatable bonds is 7. The smallest absolute Gasteiger partial charge is 0.222 e. The number of hydrogen-bond donors (Lipinski definition) is 1. The predicted octanol–water partition coefficient (Wildman–Crippen LogP) is 2.14. The first-order valence-electron chi connectivity index (χ1n) is 7.61. The average molecular weight is 311 g/mol. The van der Waals surface area contributed by atoms with Crippen LogP contribution in [-0.2, 0) is 22.7 Å². The zero-order valence-electron chi connectivity index (χ0n) is 13.2. The van der Waals surface area contributed by atoms with Crippen LogP contribution in [-0.4, -0.2) is 28.2 Å². The number of benzene rings is 1. The second-order valence-corrected chi connectivity index (χ2v) is 5.27. The van der Waals surface area contributed by atoms with E-state index in [0.29, 0.717) is 19.6 Å². The van der Waals surface area contributed by atoms with Crippen molar-refractivity contribution in [2.75, 3.05) is 6.54 Å². The van der Waals surface area contributed by atoms with Gasteiger partial charge in [-0.3, -0.25) is 14.6 Å². The molecule has 0 aliphatic heterocycles. The fourth-order valence-corrected chi connectivity index (χ4v) is 2.17. The zero-order chi connectivity index (χ0) is 16.5. The van der Waals surface area contributed by atoms with Crippen molar-refractivity contribution >= 4 is 11.8 Å². The van der Waals surface area contributed by atoms with Gasteiger partial charge in [-0.2, -0.15) is 0 Å². The molecule has 120 valence electrons. The lowest BCUT2D eigenvalue weighted by atomic mass is 10.2. The lowest BCUT2D eigenvalue weighted by Crippen LogP contribution is -2.33. The van der Waals surface area contributed by atoms with Crippen molar-refractivity contribution in [2.24, 2.45) is 0 Å². The number of hydrogen-bond acceptors (Lipinski definition) is 3. The third kappa shape index (κ3) is 5.90.